The van der Waals surface area contributed by atoms with Crippen LogP contribution >= 0.6 is 22.6 Å². The largest absolute Gasteiger partial charge is 0.464 e. The lowest BCUT2D eigenvalue weighted by Gasteiger charge is -2.15. The third-order valence-electron chi connectivity index (χ3n) is 2.02. The highest BCUT2D eigenvalue weighted by Gasteiger charge is 2.16. The summed E-state index contributed by atoms with van der Waals surface area (Å²) in [6.07, 6.45) is 0. The van der Waals surface area contributed by atoms with Crippen molar-refractivity contribution >= 4 is 34.2 Å². The summed E-state index contributed by atoms with van der Waals surface area (Å²) in [6.45, 7) is 3.57. The Morgan fingerprint density at radius 2 is 2.06 bits per heavy atom. The van der Waals surface area contributed by atoms with Gasteiger partial charge in [-0.05, 0) is 42.5 Å². The maximum absolute atomic E-state index is 13.0. The Morgan fingerprint density at radius 1 is 1.47 bits per heavy atom. The molecular weight excluding hydrogens is 343 g/mol. The second-order valence-electron chi connectivity index (χ2n) is 3.36. The molecule has 0 radical (unpaired) electrons. The molecule has 0 aliphatic rings. The summed E-state index contributed by atoms with van der Waals surface area (Å²) in [5.41, 5.74) is 0.366. The maximum atomic E-state index is 13.0. The molecule has 1 atom stereocenters. The molecule has 1 N–H and O–H groups in total. The number of hydrogen-bond acceptors (Lipinski definition) is 3. The van der Waals surface area contributed by atoms with Crippen LogP contribution in [0.4, 0.5) is 14.5 Å². The van der Waals surface area contributed by atoms with Crippen molar-refractivity contribution in [2.45, 2.75) is 19.9 Å². The number of rotatable bonds is 4. The van der Waals surface area contributed by atoms with Gasteiger partial charge in [-0.25, -0.2) is 13.6 Å². The van der Waals surface area contributed by atoms with Crippen LogP contribution < -0.4 is 5.32 Å². The van der Waals surface area contributed by atoms with Crippen molar-refractivity contribution in [2.24, 2.45) is 0 Å². The van der Waals surface area contributed by atoms with Crippen LogP contribution in [0.2, 0.25) is 0 Å². The zero-order chi connectivity index (χ0) is 13.0. The number of esters is 1. The van der Waals surface area contributed by atoms with Gasteiger partial charge in [-0.3, -0.25) is 0 Å². The summed E-state index contributed by atoms with van der Waals surface area (Å²) >= 11 is 1.86. The lowest BCUT2D eigenvalue weighted by Crippen LogP contribution is -2.28. The number of carbonyl (C=O) groups excluding carboxylic acids is 1. The van der Waals surface area contributed by atoms with E-state index >= 15 is 0 Å². The predicted molar refractivity (Wildman–Crippen MR) is 68.8 cm³/mol. The van der Waals surface area contributed by atoms with E-state index in [1.165, 1.54) is 0 Å². The molecule has 1 rings (SSSR count). The molecule has 6 heteroatoms. The van der Waals surface area contributed by atoms with E-state index in [2.05, 4.69) is 5.32 Å². The first kappa shape index (κ1) is 14.1. The van der Waals surface area contributed by atoms with Crippen molar-refractivity contribution < 1.29 is 18.3 Å². The molecule has 0 amide bonds. The van der Waals surface area contributed by atoms with Crippen LogP contribution in [-0.4, -0.2) is 18.6 Å². The van der Waals surface area contributed by atoms with Gasteiger partial charge in [0.05, 0.1) is 12.3 Å². The van der Waals surface area contributed by atoms with Gasteiger partial charge in [0.2, 0.25) is 0 Å². The molecule has 1 aromatic carbocycles. The fourth-order valence-corrected chi connectivity index (χ4v) is 1.78. The molecule has 0 aliphatic heterocycles. The Kier molecular flexibility index (Phi) is 5.10. The van der Waals surface area contributed by atoms with Gasteiger partial charge in [-0.15, -0.1) is 0 Å². The van der Waals surface area contributed by atoms with Gasteiger partial charge in [0, 0.05) is 9.64 Å². The van der Waals surface area contributed by atoms with Gasteiger partial charge in [-0.1, -0.05) is 0 Å². The Hall–Kier alpha value is -0.920. The number of anilines is 1. The van der Waals surface area contributed by atoms with Gasteiger partial charge in [0.25, 0.3) is 0 Å². The zero-order valence-electron chi connectivity index (χ0n) is 9.39. The fraction of sp³-hybridized carbons (Fsp3) is 0.364. The Balaban J connectivity index is 2.81. The summed E-state index contributed by atoms with van der Waals surface area (Å²) in [5, 5.41) is 2.77. The molecule has 0 saturated heterocycles. The molecule has 3 nitrogen and oxygen atoms in total. The van der Waals surface area contributed by atoms with E-state index in [0.29, 0.717) is 9.26 Å². The van der Waals surface area contributed by atoms with Crippen LogP contribution in [0.1, 0.15) is 13.8 Å². The number of carbonyl (C=O) groups is 1. The van der Waals surface area contributed by atoms with Crippen LogP contribution in [0.25, 0.3) is 0 Å². The standard InChI is InChI=1S/C11H12F2INO2/c1-3-17-11(16)6(2)15-10-5-8(13)7(12)4-9(10)14/h4-6,15H,3H2,1-2H3. The highest BCUT2D eigenvalue weighted by atomic mass is 127. The van der Waals surface area contributed by atoms with Crippen molar-refractivity contribution in [1.29, 1.82) is 0 Å². The molecular formula is C11H12F2INO2. The number of halogens is 3. The van der Waals surface area contributed by atoms with Crippen LogP contribution in [0.15, 0.2) is 12.1 Å². The second kappa shape index (κ2) is 6.13. The minimum Gasteiger partial charge on any atom is -0.464 e. The minimum atomic E-state index is -0.955. The molecule has 0 aromatic heterocycles. The summed E-state index contributed by atoms with van der Waals surface area (Å²) < 4.78 is 31.2. The summed E-state index contributed by atoms with van der Waals surface area (Å²) in [7, 11) is 0. The molecule has 94 valence electrons. The third kappa shape index (κ3) is 3.79. The molecule has 0 saturated carbocycles. The molecule has 0 aliphatic carbocycles. The molecule has 17 heavy (non-hydrogen) atoms. The van der Waals surface area contributed by atoms with Gasteiger partial charge in [0.1, 0.15) is 6.04 Å². The molecule has 0 fully saturated rings. The van der Waals surface area contributed by atoms with E-state index in [0.717, 1.165) is 12.1 Å². The Morgan fingerprint density at radius 3 is 2.65 bits per heavy atom. The molecule has 0 spiro atoms. The van der Waals surface area contributed by atoms with E-state index in [9.17, 15) is 13.6 Å². The second-order valence-corrected chi connectivity index (χ2v) is 4.53. The zero-order valence-corrected chi connectivity index (χ0v) is 11.5. The topological polar surface area (TPSA) is 38.3 Å². The smallest absolute Gasteiger partial charge is 0.328 e. The average molecular weight is 355 g/mol. The Bertz CT molecular complexity index is 426. The van der Waals surface area contributed by atoms with E-state index in [1.54, 1.807) is 13.8 Å². The van der Waals surface area contributed by atoms with Gasteiger partial charge in [-0.2, -0.15) is 0 Å². The van der Waals surface area contributed by atoms with E-state index in [1.807, 2.05) is 22.6 Å². The first-order chi connectivity index (χ1) is 7.95. The van der Waals surface area contributed by atoms with Crippen molar-refractivity contribution in [3.05, 3.63) is 27.3 Å². The van der Waals surface area contributed by atoms with Crippen LogP contribution in [0.5, 0.6) is 0 Å². The lowest BCUT2D eigenvalue weighted by atomic mass is 10.2. The number of hydrogen-bond donors (Lipinski definition) is 1. The van der Waals surface area contributed by atoms with Crippen LogP contribution in [0, 0.1) is 15.2 Å². The maximum Gasteiger partial charge on any atom is 0.328 e. The highest BCUT2D eigenvalue weighted by molar-refractivity contribution is 14.1. The fourth-order valence-electron chi connectivity index (χ4n) is 1.19. The number of ether oxygens (including phenoxy) is 1. The monoisotopic (exact) mass is 355 g/mol. The average Bonchev–Trinajstić information content (AvgIpc) is 2.26. The first-order valence-electron chi connectivity index (χ1n) is 5.03. The van der Waals surface area contributed by atoms with Gasteiger partial charge in [0.15, 0.2) is 11.6 Å². The van der Waals surface area contributed by atoms with E-state index in [-0.39, 0.29) is 6.61 Å². The lowest BCUT2D eigenvalue weighted by molar-refractivity contribution is -0.143. The normalized spacial score (nSPS) is 12.1. The minimum absolute atomic E-state index is 0.278. The Labute approximate surface area is 112 Å². The molecule has 1 aromatic rings. The quantitative estimate of drug-likeness (QED) is 0.513. The third-order valence-corrected chi connectivity index (χ3v) is 2.91. The van der Waals surface area contributed by atoms with Crippen LogP contribution in [0.3, 0.4) is 0 Å². The van der Waals surface area contributed by atoms with Gasteiger partial charge < -0.3 is 10.1 Å². The van der Waals surface area contributed by atoms with Crippen molar-refractivity contribution in [3.8, 4) is 0 Å². The molecule has 0 heterocycles. The predicted octanol–water partition coefficient (Wildman–Crippen LogP) is 2.93. The van der Waals surface area contributed by atoms with Crippen molar-refractivity contribution in [1.82, 2.24) is 0 Å². The summed E-state index contributed by atoms with van der Waals surface area (Å²) in [4.78, 5) is 11.4. The van der Waals surface area contributed by atoms with E-state index in [4.69, 9.17) is 4.74 Å². The van der Waals surface area contributed by atoms with Crippen molar-refractivity contribution in [3.63, 3.8) is 0 Å². The SMILES string of the molecule is CCOC(=O)C(C)Nc1cc(F)c(F)cc1I. The van der Waals surface area contributed by atoms with Crippen molar-refractivity contribution in [2.75, 3.05) is 11.9 Å². The molecule has 1 unspecified atom stereocenters. The number of nitrogens with one attached hydrogen (secondary N) is 1. The highest BCUT2D eigenvalue weighted by Crippen LogP contribution is 2.22. The summed E-state index contributed by atoms with van der Waals surface area (Å²) in [6, 6.07) is 1.47. The number of benzene rings is 1. The summed E-state index contributed by atoms with van der Waals surface area (Å²) in [5.74, 6) is -2.30. The van der Waals surface area contributed by atoms with Crippen LogP contribution in [-0.2, 0) is 9.53 Å². The first-order valence-corrected chi connectivity index (χ1v) is 6.11. The van der Waals surface area contributed by atoms with Gasteiger partial charge >= 0.3 is 5.97 Å². The van der Waals surface area contributed by atoms with E-state index < -0.39 is 23.6 Å². The molecule has 0 bridgehead atoms.